The maximum absolute atomic E-state index is 13.4. The number of amides is 1. The molecule has 6 nitrogen and oxygen atoms in total. The summed E-state index contributed by atoms with van der Waals surface area (Å²) >= 11 is 5.05. The summed E-state index contributed by atoms with van der Waals surface area (Å²) in [6.07, 6.45) is -0.371. The Morgan fingerprint density at radius 3 is 2.19 bits per heavy atom. The molecule has 0 N–H and O–H groups in total. The normalized spacial score (nSPS) is 20.2. The Hall–Kier alpha value is -2.58. The van der Waals surface area contributed by atoms with Crippen molar-refractivity contribution in [1.29, 1.82) is 0 Å². The summed E-state index contributed by atoms with van der Waals surface area (Å²) < 4.78 is 10.5. The van der Waals surface area contributed by atoms with Gasteiger partial charge in [0.25, 0.3) is 0 Å². The van der Waals surface area contributed by atoms with Crippen molar-refractivity contribution in [3.63, 3.8) is 0 Å². The first-order valence-electron chi connectivity index (χ1n) is 9.71. The summed E-state index contributed by atoms with van der Waals surface area (Å²) in [7, 11) is 0. The lowest BCUT2D eigenvalue weighted by molar-refractivity contribution is -0.153. The van der Waals surface area contributed by atoms with E-state index in [4.69, 9.17) is 9.47 Å². The number of nitrogens with zero attached hydrogens (tertiary/aromatic N) is 1. The van der Waals surface area contributed by atoms with Crippen LogP contribution in [-0.4, -0.2) is 38.9 Å². The number of carbonyl (C=O) groups is 3. The van der Waals surface area contributed by atoms with Crippen LogP contribution in [-0.2, 0) is 23.9 Å². The van der Waals surface area contributed by atoms with Gasteiger partial charge in [-0.3, -0.25) is 14.5 Å². The zero-order chi connectivity index (χ0) is 22.0. The molecule has 160 valence electrons. The lowest BCUT2D eigenvalue weighted by Crippen LogP contribution is -2.60. The maximum atomic E-state index is 13.4. The number of β-lactam (4-membered cyclic amide) rings is 1. The molecule has 0 saturated carbocycles. The van der Waals surface area contributed by atoms with Crippen molar-refractivity contribution in [3.05, 3.63) is 83.1 Å². The highest BCUT2D eigenvalue weighted by atomic mass is 79.9. The fraction of sp³-hybridized carbons (Fsp3) is 0.261. The van der Waals surface area contributed by atoms with Crippen LogP contribution < -0.4 is 0 Å². The van der Waals surface area contributed by atoms with Gasteiger partial charge in [-0.1, -0.05) is 60.7 Å². The van der Waals surface area contributed by atoms with E-state index in [2.05, 4.69) is 15.9 Å². The van der Waals surface area contributed by atoms with Crippen molar-refractivity contribution >= 4 is 45.5 Å². The molecule has 2 aromatic carbocycles. The van der Waals surface area contributed by atoms with E-state index in [1.54, 1.807) is 0 Å². The van der Waals surface area contributed by atoms with Crippen LogP contribution in [0.2, 0.25) is 0 Å². The molecule has 8 heteroatoms. The Morgan fingerprint density at radius 1 is 1.10 bits per heavy atom. The molecule has 2 aromatic rings. The monoisotopic (exact) mass is 501 g/mol. The van der Waals surface area contributed by atoms with Gasteiger partial charge in [0.2, 0.25) is 5.91 Å². The van der Waals surface area contributed by atoms with Crippen molar-refractivity contribution in [3.8, 4) is 0 Å². The van der Waals surface area contributed by atoms with Crippen molar-refractivity contribution in [2.45, 2.75) is 23.2 Å². The third-order valence-corrected chi connectivity index (χ3v) is 7.63. The Balaban J connectivity index is 1.70. The summed E-state index contributed by atoms with van der Waals surface area (Å²) in [6, 6.07) is 18.9. The maximum Gasteiger partial charge on any atom is 0.356 e. The summed E-state index contributed by atoms with van der Waals surface area (Å²) in [5.74, 6) is -0.833. The van der Waals surface area contributed by atoms with Gasteiger partial charge in [0, 0.05) is 18.2 Å². The Kier molecular flexibility index (Phi) is 6.20. The smallest absolute Gasteiger partial charge is 0.356 e. The minimum atomic E-state index is -0.673. The van der Waals surface area contributed by atoms with E-state index in [0.717, 1.165) is 11.1 Å². The van der Waals surface area contributed by atoms with Crippen LogP contribution >= 0.6 is 27.7 Å². The predicted molar refractivity (Wildman–Crippen MR) is 120 cm³/mol. The van der Waals surface area contributed by atoms with Crippen LogP contribution in [0.25, 0.3) is 0 Å². The van der Waals surface area contributed by atoms with Gasteiger partial charge in [0.05, 0.1) is 6.42 Å². The van der Waals surface area contributed by atoms with Gasteiger partial charge in [-0.25, -0.2) is 4.79 Å². The summed E-state index contributed by atoms with van der Waals surface area (Å²) in [5, 5.41) is 0. The van der Waals surface area contributed by atoms with E-state index < -0.39 is 21.8 Å². The Morgan fingerprint density at radius 2 is 1.68 bits per heavy atom. The van der Waals surface area contributed by atoms with Gasteiger partial charge >= 0.3 is 11.9 Å². The van der Waals surface area contributed by atoms with E-state index in [1.165, 1.54) is 23.6 Å². The molecule has 1 atom stereocenters. The van der Waals surface area contributed by atoms with E-state index in [0.29, 0.717) is 11.3 Å². The predicted octanol–water partition coefficient (Wildman–Crippen LogP) is 4.16. The Labute approximate surface area is 192 Å². The van der Waals surface area contributed by atoms with Crippen LogP contribution in [0, 0.1) is 0 Å². The number of hydrogen-bond donors (Lipinski definition) is 0. The second-order valence-electron chi connectivity index (χ2n) is 7.22. The standard InChI is InChI=1S/C23H20BrNO5S/c1-15(26)29-13-18-14-31-23(24)12-19(27)25(23)20(18)22(28)30-21(16-8-4-2-5-9-16)17-10-6-3-7-11-17/h2-11,21H,12-14H2,1H3. The van der Waals surface area contributed by atoms with E-state index >= 15 is 0 Å². The van der Waals surface area contributed by atoms with E-state index in [9.17, 15) is 14.4 Å². The van der Waals surface area contributed by atoms with Gasteiger partial charge in [0.15, 0.2) is 9.88 Å². The SMILES string of the molecule is CC(=O)OCC1=C(C(=O)OC(c2ccccc2)c2ccccc2)N2C(=O)CC2(Br)SC1. The van der Waals surface area contributed by atoms with E-state index in [-0.39, 0.29) is 24.6 Å². The van der Waals surface area contributed by atoms with Gasteiger partial charge in [-0.15, -0.1) is 11.8 Å². The molecule has 2 aliphatic rings. The van der Waals surface area contributed by atoms with E-state index in [1.807, 2.05) is 60.7 Å². The molecular weight excluding hydrogens is 482 g/mol. The van der Waals surface area contributed by atoms with Crippen molar-refractivity contribution < 1.29 is 23.9 Å². The topological polar surface area (TPSA) is 72.9 Å². The van der Waals surface area contributed by atoms with Crippen molar-refractivity contribution in [2.75, 3.05) is 12.4 Å². The molecule has 0 bridgehead atoms. The van der Waals surface area contributed by atoms with Gasteiger partial charge in [-0.05, 0) is 27.1 Å². The minimum absolute atomic E-state index is 0.0685. The number of carbonyl (C=O) groups excluding carboxylic acids is 3. The third-order valence-electron chi connectivity index (χ3n) is 5.05. The highest BCUT2D eigenvalue weighted by Gasteiger charge is 2.56. The molecule has 0 aromatic heterocycles. The van der Waals surface area contributed by atoms with Crippen molar-refractivity contribution in [2.24, 2.45) is 0 Å². The largest absolute Gasteiger partial charge is 0.461 e. The first-order valence-corrected chi connectivity index (χ1v) is 11.5. The first-order chi connectivity index (χ1) is 14.9. The highest BCUT2D eigenvalue weighted by Crippen LogP contribution is 2.53. The number of fused-ring (bicyclic) bond motifs is 1. The fourth-order valence-corrected chi connectivity index (χ4v) is 5.67. The number of alkyl halides is 1. The number of halogens is 1. The van der Waals surface area contributed by atoms with Crippen LogP contribution in [0.1, 0.15) is 30.6 Å². The molecule has 2 heterocycles. The number of thioether (sulfide) groups is 1. The van der Waals surface area contributed by atoms with Gasteiger partial charge in [-0.2, -0.15) is 0 Å². The molecule has 1 unspecified atom stereocenters. The number of rotatable bonds is 6. The average Bonchev–Trinajstić information content (AvgIpc) is 2.76. The fourth-order valence-electron chi connectivity index (χ4n) is 3.55. The van der Waals surface area contributed by atoms with Crippen molar-refractivity contribution in [1.82, 2.24) is 4.90 Å². The van der Waals surface area contributed by atoms with Gasteiger partial charge < -0.3 is 9.47 Å². The molecule has 1 saturated heterocycles. The second kappa shape index (κ2) is 8.88. The lowest BCUT2D eigenvalue weighted by Gasteiger charge is -2.50. The number of hydrogen-bond acceptors (Lipinski definition) is 6. The molecule has 4 rings (SSSR count). The van der Waals surface area contributed by atoms with Crippen LogP contribution in [0.5, 0.6) is 0 Å². The molecule has 0 aliphatic carbocycles. The minimum Gasteiger partial charge on any atom is -0.461 e. The second-order valence-corrected chi connectivity index (χ2v) is 10.3. The first kappa shape index (κ1) is 21.6. The average molecular weight is 502 g/mol. The molecule has 0 radical (unpaired) electrons. The van der Waals surface area contributed by atoms with Gasteiger partial charge in [0.1, 0.15) is 12.3 Å². The van der Waals surface area contributed by atoms with Crippen LogP contribution in [0.15, 0.2) is 71.9 Å². The number of esters is 2. The van der Waals surface area contributed by atoms with Crippen LogP contribution in [0.4, 0.5) is 0 Å². The molecule has 1 fully saturated rings. The number of benzene rings is 2. The molecule has 1 amide bonds. The summed E-state index contributed by atoms with van der Waals surface area (Å²) in [5.41, 5.74) is 2.32. The quantitative estimate of drug-likeness (QED) is 0.256. The molecule has 31 heavy (non-hydrogen) atoms. The highest BCUT2D eigenvalue weighted by molar-refractivity contribution is 9.12. The lowest BCUT2D eigenvalue weighted by atomic mass is 10.0. The number of ether oxygens (including phenoxy) is 2. The summed E-state index contributed by atoms with van der Waals surface area (Å²) in [4.78, 5) is 38.6. The Bertz CT molecular complexity index is 1000. The molecule has 0 spiro atoms. The summed E-state index contributed by atoms with van der Waals surface area (Å²) in [6.45, 7) is 1.24. The van der Waals surface area contributed by atoms with Crippen LogP contribution in [0.3, 0.4) is 0 Å². The third kappa shape index (κ3) is 4.41. The molecular formula is C23H20BrNO5S. The zero-order valence-corrected chi connectivity index (χ0v) is 19.1. The molecule has 2 aliphatic heterocycles. The zero-order valence-electron chi connectivity index (χ0n) is 16.7.